The van der Waals surface area contributed by atoms with E-state index in [2.05, 4.69) is 10.2 Å². The van der Waals surface area contributed by atoms with Crippen LogP contribution in [0.1, 0.15) is 12.8 Å². The molecule has 14 heavy (non-hydrogen) atoms. The largest absolute Gasteiger partial charge is 0.353 e. The summed E-state index contributed by atoms with van der Waals surface area (Å²) in [6.45, 7) is 1.66. The highest BCUT2D eigenvalue weighted by Gasteiger charge is 2.13. The van der Waals surface area contributed by atoms with Gasteiger partial charge >= 0.3 is 0 Å². The van der Waals surface area contributed by atoms with E-state index in [0.717, 1.165) is 36.1 Å². The Morgan fingerprint density at radius 2 is 2.36 bits per heavy atom. The van der Waals surface area contributed by atoms with Crippen molar-refractivity contribution in [2.75, 3.05) is 19.0 Å². The van der Waals surface area contributed by atoms with Gasteiger partial charge in [-0.15, -0.1) is 10.2 Å². The lowest BCUT2D eigenvalue weighted by Gasteiger charge is -2.22. The molecule has 0 radical (unpaired) electrons. The SMILES string of the molecule is c1nnc(SCCC2OCCCO2)s1. The quantitative estimate of drug-likeness (QED) is 0.740. The van der Waals surface area contributed by atoms with Crippen molar-refractivity contribution in [1.82, 2.24) is 10.2 Å². The van der Waals surface area contributed by atoms with Gasteiger partial charge < -0.3 is 9.47 Å². The fourth-order valence-electron chi connectivity index (χ4n) is 1.17. The van der Waals surface area contributed by atoms with E-state index in [1.807, 2.05) is 0 Å². The van der Waals surface area contributed by atoms with E-state index in [-0.39, 0.29) is 6.29 Å². The Bertz CT molecular complexity index is 250. The van der Waals surface area contributed by atoms with E-state index in [1.54, 1.807) is 28.6 Å². The maximum Gasteiger partial charge on any atom is 0.174 e. The van der Waals surface area contributed by atoms with Gasteiger partial charge in [-0.3, -0.25) is 0 Å². The minimum Gasteiger partial charge on any atom is -0.353 e. The highest BCUT2D eigenvalue weighted by atomic mass is 32.2. The monoisotopic (exact) mass is 232 g/mol. The third-order valence-corrected chi connectivity index (χ3v) is 3.71. The van der Waals surface area contributed by atoms with Crippen molar-refractivity contribution in [2.24, 2.45) is 0 Å². The predicted octanol–water partition coefficient (Wildman–Crippen LogP) is 1.78. The Morgan fingerprint density at radius 3 is 3.07 bits per heavy atom. The van der Waals surface area contributed by atoms with Gasteiger partial charge in [0.1, 0.15) is 5.51 Å². The average molecular weight is 232 g/mol. The van der Waals surface area contributed by atoms with Gasteiger partial charge in [-0.25, -0.2) is 0 Å². The summed E-state index contributed by atoms with van der Waals surface area (Å²) >= 11 is 3.27. The molecule has 1 fully saturated rings. The summed E-state index contributed by atoms with van der Waals surface area (Å²) in [4.78, 5) is 0. The second-order valence-corrected chi connectivity index (χ2v) is 5.04. The number of aromatic nitrogens is 2. The normalized spacial score (nSPS) is 18.6. The molecule has 1 aliphatic heterocycles. The van der Waals surface area contributed by atoms with Gasteiger partial charge in [0.2, 0.25) is 0 Å². The summed E-state index contributed by atoms with van der Waals surface area (Å²) in [6.07, 6.45) is 1.92. The average Bonchev–Trinajstić information content (AvgIpc) is 2.72. The zero-order valence-corrected chi connectivity index (χ0v) is 9.35. The van der Waals surface area contributed by atoms with Crippen LogP contribution in [0.3, 0.4) is 0 Å². The summed E-state index contributed by atoms with van der Waals surface area (Å²) in [6, 6.07) is 0. The summed E-state index contributed by atoms with van der Waals surface area (Å²) in [5, 5.41) is 7.72. The first kappa shape index (κ1) is 10.4. The van der Waals surface area contributed by atoms with Crippen LogP contribution >= 0.6 is 23.1 Å². The fraction of sp³-hybridized carbons (Fsp3) is 0.750. The van der Waals surface area contributed by atoms with Gasteiger partial charge in [0.15, 0.2) is 10.6 Å². The molecule has 0 N–H and O–H groups in total. The molecule has 0 amide bonds. The second kappa shape index (κ2) is 5.65. The molecule has 0 aliphatic carbocycles. The Balaban J connectivity index is 1.62. The molecule has 4 nitrogen and oxygen atoms in total. The van der Waals surface area contributed by atoms with Crippen LogP contribution in [0.5, 0.6) is 0 Å². The number of hydrogen-bond acceptors (Lipinski definition) is 6. The third-order valence-electron chi connectivity index (χ3n) is 1.82. The second-order valence-electron chi connectivity index (χ2n) is 2.87. The first-order valence-corrected chi connectivity index (χ1v) is 6.44. The molecule has 1 aromatic heterocycles. The van der Waals surface area contributed by atoms with Crippen LogP contribution in [0.2, 0.25) is 0 Å². The molecule has 78 valence electrons. The Kier molecular flexibility index (Phi) is 4.18. The van der Waals surface area contributed by atoms with Crippen molar-refractivity contribution in [3.63, 3.8) is 0 Å². The topological polar surface area (TPSA) is 44.2 Å². The van der Waals surface area contributed by atoms with E-state index in [9.17, 15) is 0 Å². The van der Waals surface area contributed by atoms with Gasteiger partial charge in [-0.2, -0.15) is 0 Å². The lowest BCUT2D eigenvalue weighted by atomic mass is 10.4. The number of thioether (sulfide) groups is 1. The van der Waals surface area contributed by atoms with Crippen molar-refractivity contribution < 1.29 is 9.47 Å². The van der Waals surface area contributed by atoms with Crippen LogP contribution in [0.25, 0.3) is 0 Å². The molecule has 0 atom stereocenters. The molecule has 1 saturated heterocycles. The molecule has 0 saturated carbocycles. The molecular weight excluding hydrogens is 220 g/mol. The summed E-state index contributed by atoms with van der Waals surface area (Å²) in [5.74, 6) is 0.972. The predicted molar refractivity (Wildman–Crippen MR) is 55.6 cm³/mol. The minimum atomic E-state index is -0.0100. The smallest absolute Gasteiger partial charge is 0.174 e. The fourth-order valence-corrected chi connectivity index (χ4v) is 2.69. The third kappa shape index (κ3) is 3.20. The Hall–Kier alpha value is -0.170. The Morgan fingerprint density at radius 1 is 1.50 bits per heavy atom. The minimum absolute atomic E-state index is 0.0100. The molecule has 0 spiro atoms. The van der Waals surface area contributed by atoms with Crippen molar-refractivity contribution in [1.29, 1.82) is 0 Å². The number of rotatable bonds is 4. The van der Waals surface area contributed by atoms with Crippen molar-refractivity contribution >= 4 is 23.1 Å². The molecule has 1 aromatic rings. The maximum atomic E-state index is 5.43. The van der Waals surface area contributed by atoms with Crippen molar-refractivity contribution in [3.05, 3.63) is 5.51 Å². The van der Waals surface area contributed by atoms with Crippen LogP contribution in [0.15, 0.2) is 9.85 Å². The van der Waals surface area contributed by atoms with E-state index in [4.69, 9.17) is 9.47 Å². The summed E-state index contributed by atoms with van der Waals surface area (Å²) in [7, 11) is 0. The van der Waals surface area contributed by atoms with Crippen LogP contribution in [0, 0.1) is 0 Å². The van der Waals surface area contributed by atoms with Crippen LogP contribution in [-0.2, 0) is 9.47 Å². The zero-order chi connectivity index (χ0) is 9.64. The lowest BCUT2D eigenvalue weighted by molar-refractivity contribution is -0.178. The zero-order valence-electron chi connectivity index (χ0n) is 7.72. The molecule has 0 bridgehead atoms. The summed E-state index contributed by atoms with van der Waals surface area (Å²) in [5.41, 5.74) is 1.75. The molecule has 0 unspecified atom stereocenters. The van der Waals surface area contributed by atoms with Crippen LogP contribution in [-0.4, -0.2) is 35.5 Å². The van der Waals surface area contributed by atoms with Gasteiger partial charge in [-0.05, 0) is 6.42 Å². The van der Waals surface area contributed by atoms with Crippen molar-refractivity contribution in [3.8, 4) is 0 Å². The highest BCUT2D eigenvalue weighted by molar-refractivity contribution is 8.00. The first-order valence-electron chi connectivity index (χ1n) is 4.57. The van der Waals surface area contributed by atoms with Crippen LogP contribution in [0.4, 0.5) is 0 Å². The van der Waals surface area contributed by atoms with E-state index < -0.39 is 0 Å². The van der Waals surface area contributed by atoms with Gasteiger partial charge in [0.25, 0.3) is 0 Å². The lowest BCUT2D eigenvalue weighted by Crippen LogP contribution is -2.25. The van der Waals surface area contributed by atoms with Crippen LogP contribution < -0.4 is 0 Å². The van der Waals surface area contributed by atoms with E-state index in [0.29, 0.717) is 0 Å². The molecule has 2 rings (SSSR count). The van der Waals surface area contributed by atoms with Gasteiger partial charge in [0, 0.05) is 12.2 Å². The van der Waals surface area contributed by atoms with E-state index >= 15 is 0 Å². The molecule has 2 heterocycles. The van der Waals surface area contributed by atoms with Gasteiger partial charge in [0.05, 0.1) is 13.2 Å². The molecular formula is C8H12N2O2S2. The molecule has 1 aliphatic rings. The van der Waals surface area contributed by atoms with Crippen molar-refractivity contribution in [2.45, 2.75) is 23.5 Å². The number of ether oxygens (including phenoxy) is 2. The Labute approximate surface area is 91.0 Å². The standard InChI is InChI=1S/C8H12N2O2S2/c1-3-11-7(12-4-1)2-5-13-8-10-9-6-14-8/h6-7H,1-5H2. The van der Waals surface area contributed by atoms with Gasteiger partial charge in [-0.1, -0.05) is 23.1 Å². The maximum absolute atomic E-state index is 5.43. The first-order chi connectivity index (χ1) is 6.95. The summed E-state index contributed by atoms with van der Waals surface area (Å²) < 4.78 is 11.9. The highest BCUT2D eigenvalue weighted by Crippen LogP contribution is 2.21. The van der Waals surface area contributed by atoms with E-state index in [1.165, 1.54) is 0 Å². The molecule has 6 heteroatoms. The number of nitrogens with zero attached hydrogens (tertiary/aromatic N) is 2. The number of hydrogen-bond donors (Lipinski definition) is 0. The molecule has 0 aromatic carbocycles.